The summed E-state index contributed by atoms with van der Waals surface area (Å²) in [4.78, 5) is 42.1. The molecule has 0 N–H and O–H groups in total. The number of hydrogen-bond donors (Lipinski definition) is 0. The molecule has 1 fully saturated rings. The fraction of sp³-hybridized carbons (Fsp3) is 0.167. The number of carbonyl (C=O) groups excluding carboxylic acids is 2. The minimum absolute atomic E-state index is 0.0695. The van der Waals surface area contributed by atoms with E-state index < -0.39 is 28.8 Å². The second-order valence-corrected chi connectivity index (χ2v) is 6.13. The van der Waals surface area contributed by atoms with E-state index in [1.54, 1.807) is 12.1 Å². The van der Waals surface area contributed by atoms with E-state index in [2.05, 4.69) is 5.16 Å². The molecule has 0 aromatic heterocycles. The van der Waals surface area contributed by atoms with Crippen LogP contribution in [0.5, 0.6) is 0 Å². The van der Waals surface area contributed by atoms with E-state index in [1.165, 1.54) is 24.3 Å². The smallest absolute Gasteiger partial charge is 0.278 e. The minimum atomic E-state index is -1.01. The molecule has 0 radical (unpaired) electrons. The van der Waals surface area contributed by atoms with Gasteiger partial charge in [0.25, 0.3) is 11.6 Å². The first-order chi connectivity index (χ1) is 12.5. The predicted molar refractivity (Wildman–Crippen MR) is 91.7 cm³/mol. The molecular weight excluding hydrogens is 338 g/mol. The molecule has 2 heterocycles. The Kier molecular flexibility index (Phi) is 3.54. The van der Waals surface area contributed by atoms with Gasteiger partial charge in [0.05, 0.1) is 10.6 Å². The molecule has 8 heteroatoms. The first-order valence-corrected chi connectivity index (χ1v) is 7.90. The summed E-state index contributed by atoms with van der Waals surface area (Å²) in [5.41, 5.74) is 2.23. The Labute approximate surface area is 147 Å². The van der Waals surface area contributed by atoms with Crippen molar-refractivity contribution < 1.29 is 19.3 Å². The summed E-state index contributed by atoms with van der Waals surface area (Å²) in [5.74, 6) is -1.74. The number of non-ortho nitro benzene ring substituents is 1. The summed E-state index contributed by atoms with van der Waals surface area (Å²) in [7, 11) is 0. The fourth-order valence-electron chi connectivity index (χ4n) is 3.12. The van der Waals surface area contributed by atoms with Crippen molar-refractivity contribution in [3.05, 3.63) is 69.8 Å². The molecule has 0 aliphatic carbocycles. The number of aryl methyl sites for hydroxylation is 1. The third kappa shape index (κ3) is 2.34. The van der Waals surface area contributed by atoms with Crippen molar-refractivity contribution in [3.63, 3.8) is 0 Å². The Bertz CT molecular complexity index is 950. The van der Waals surface area contributed by atoms with Gasteiger partial charge in [0.15, 0.2) is 0 Å². The highest BCUT2D eigenvalue weighted by molar-refractivity contribution is 6.32. The van der Waals surface area contributed by atoms with E-state index in [-0.39, 0.29) is 5.69 Å². The molecule has 1 saturated heterocycles. The number of oxime groups is 1. The Morgan fingerprint density at radius 3 is 2.31 bits per heavy atom. The van der Waals surface area contributed by atoms with Crippen LogP contribution in [0.3, 0.4) is 0 Å². The summed E-state index contributed by atoms with van der Waals surface area (Å²) in [5, 5.41) is 14.7. The van der Waals surface area contributed by atoms with E-state index in [1.807, 2.05) is 19.1 Å². The van der Waals surface area contributed by atoms with Gasteiger partial charge in [-0.05, 0) is 31.2 Å². The predicted octanol–water partition coefficient (Wildman–Crippen LogP) is 2.20. The van der Waals surface area contributed by atoms with Crippen LogP contribution in [0.4, 0.5) is 11.4 Å². The van der Waals surface area contributed by atoms with Gasteiger partial charge in [0.2, 0.25) is 12.0 Å². The molecular formula is C18H13N3O5. The van der Waals surface area contributed by atoms with Crippen LogP contribution in [0.1, 0.15) is 11.1 Å². The lowest BCUT2D eigenvalue weighted by molar-refractivity contribution is -0.384. The summed E-state index contributed by atoms with van der Waals surface area (Å²) >= 11 is 0. The molecule has 2 amide bonds. The van der Waals surface area contributed by atoms with Gasteiger partial charge in [-0.1, -0.05) is 22.9 Å². The van der Waals surface area contributed by atoms with Gasteiger partial charge in [-0.25, -0.2) is 4.90 Å². The zero-order valence-electron chi connectivity index (χ0n) is 13.7. The molecule has 0 saturated carbocycles. The molecule has 4 rings (SSSR count). The van der Waals surface area contributed by atoms with Crippen molar-refractivity contribution in [1.29, 1.82) is 0 Å². The largest absolute Gasteiger partial charge is 0.381 e. The number of anilines is 1. The SMILES string of the molecule is Cc1ccc(N2C(=O)C3ON=C(c4ccc([N+](=O)[O-])cc4)C3C2=O)cc1. The molecule has 0 spiro atoms. The molecule has 130 valence electrons. The highest BCUT2D eigenvalue weighted by Gasteiger charge is 2.56. The van der Waals surface area contributed by atoms with E-state index in [0.29, 0.717) is 17.0 Å². The zero-order chi connectivity index (χ0) is 18.4. The highest BCUT2D eigenvalue weighted by Crippen LogP contribution is 2.35. The minimum Gasteiger partial charge on any atom is -0.381 e. The fourth-order valence-corrected chi connectivity index (χ4v) is 3.12. The molecule has 8 nitrogen and oxygen atoms in total. The van der Waals surface area contributed by atoms with Crippen molar-refractivity contribution in [2.45, 2.75) is 13.0 Å². The molecule has 0 bridgehead atoms. The Morgan fingerprint density at radius 1 is 1.04 bits per heavy atom. The summed E-state index contributed by atoms with van der Waals surface area (Å²) in [6.45, 7) is 1.91. The number of carbonyl (C=O) groups is 2. The number of amides is 2. The van der Waals surface area contributed by atoms with Crippen LogP contribution in [0.25, 0.3) is 0 Å². The Morgan fingerprint density at radius 2 is 1.69 bits per heavy atom. The summed E-state index contributed by atoms with van der Waals surface area (Å²) in [6.07, 6.45) is -1.01. The van der Waals surface area contributed by atoms with Crippen molar-refractivity contribution in [3.8, 4) is 0 Å². The maximum absolute atomic E-state index is 12.9. The average molecular weight is 351 g/mol. The van der Waals surface area contributed by atoms with Crippen LogP contribution in [-0.2, 0) is 14.4 Å². The summed E-state index contributed by atoms with van der Waals surface area (Å²) < 4.78 is 0. The van der Waals surface area contributed by atoms with Crippen LogP contribution < -0.4 is 4.90 Å². The van der Waals surface area contributed by atoms with Gasteiger partial charge in [-0.15, -0.1) is 0 Å². The highest BCUT2D eigenvalue weighted by atomic mass is 16.7. The number of nitro benzene ring substituents is 1. The number of nitrogens with zero attached hydrogens (tertiary/aromatic N) is 3. The maximum atomic E-state index is 12.9. The van der Waals surface area contributed by atoms with Crippen molar-refractivity contribution in [1.82, 2.24) is 0 Å². The first kappa shape index (κ1) is 15.9. The van der Waals surface area contributed by atoms with Gasteiger partial charge < -0.3 is 4.84 Å². The second-order valence-electron chi connectivity index (χ2n) is 6.13. The van der Waals surface area contributed by atoms with Gasteiger partial charge in [-0.2, -0.15) is 0 Å². The third-order valence-electron chi connectivity index (χ3n) is 4.48. The van der Waals surface area contributed by atoms with Crippen LogP contribution in [0.2, 0.25) is 0 Å². The molecule has 2 atom stereocenters. The number of fused-ring (bicyclic) bond motifs is 1. The van der Waals surface area contributed by atoms with Gasteiger partial charge in [-0.3, -0.25) is 19.7 Å². The quantitative estimate of drug-likeness (QED) is 0.479. The van der Waals surface area contributed by atoms with Crippen LogP contribution >= 0.6 is 0 Å². The second kappa shape index (κ2) is 5.76. The lowest BCUT2D eigenvalue weighted by Gasteiger charge is -2.15. The monoisotopic (exact) mass is 351 g/mol. The number of benzene rings is 2. The van der Waals surface area contributed by atoms with E-state index >= 15 is 0 Å². The lowest BCUT2D eigenvalue weighted by atomic mass is 9.94. The number of imide groups is 1. The maximum Gasteiger partial charge on any atom is 0.278 e. The number of hydrogen-bond acceptors (Lipinski definition) is 6. The molecule has 2 aliphatic rings. The van der Waals surface area contributed by atoms with Crippen molar-refractivity contribution in [2.24, 2.45) is 11.1 Å². The van der Waals surface area contributed by atoms with E-state index in [4.69, 9.17) is 4.84 Å². The van der Waals surface area contributed by atoms with E-state index in [0.717, 1.165) is 10.5 Å². The van der Waals surface area contributed by atoms with Gasteiger partial charge >= 0.3 is 0 Å². The van der Waals surface area contributed by atoms with Gasteiger partial charge in [0, 0.05) is 17.7 Å². The van der Waals surface area contributed by atoms with Gasteiger partial charge in [0.1, 0.15) is 11.6 Å². The zero-order valence-corrected chi connectivity index (χ0v) is 13.7. The van der Waals surface area contributed by atoms with Crippen LogP contribution in [0, 0.1) is 23.0 Å². The van der Waals surface area contributed by atoms with E-state index in [9.17, 15) is 19.7 Å². The third-order valence-corrected chi connectivity index (χ3v) is 4.48. The standard InChI is InChI=1S/C18H13N3O5/c1-10-2-6-12(7-3-10)20-17(22)14-15(19-26-16(14)18(20)23)11-4-8-13(9-5-11)21(24)25/h2-9,14,16H,1H3. The topological polar surface area (TPSA) is 102 Å². The molecule has 2 aromatic rings. The molecule has 2 unspecified atom stereocenters. The van der Waals surface area contributed by atoms with Crippen LogP contribution in [0.15, 0.2) is 53.7 Å². The normalized spacial score (nSPS) is 21.4. The lowest BCUT2D eigenvalue weighted by Crippen LogP contribution is -2.33. The Hall–Kier alpha value is -3.55. The molecule has 2 aromatic carbocycles. The average Bonchev–Trinajstić information content (AvgIpc) is 3.17. The van der Waals surface area contributed by atoms with Crippen molar-refractivity contribution in [2.75, 3.05) is 4.90 Å². The first-order valence-electron chi connectivity index (χ1n) is 7.90. The Balaban J connectivity index is 1.66. The summed E-state index contributed by atoms with van der Waals surface area (Å²) in [6, 6.07) is 12.7. The van der Waals surface area contributed by atoms with Crippen LogP contribution in [-0.4, -0.2) is 28.6 Å². The molecule has 2 aliphatic heterocycles. The number of rotatable bonds is 3. The van der Waals surface area contributed by atoms with Crippen molar-refractivity contribution >= 4 is 28.9 Å². The molecule has 26 heavy (non-hydrogen) atoms. The number of nitro groups is 1.